The Balaban J connectivity index is 1.68. The van der Waals surface area contributed by atoms with E-state index in [-0.39, 0.29) is 41.8 Å². The molecule has 10 nitrogen and oxygen atoms in total. The highest BCUT2D eigenvalue weighted by Gasteiger charge is 2.18. The van der Waals surface area contributed by atoms with Crippen LogP contribution in [-0.4, -0.2) is 26.4 Å². The molecule has 3 rings (SSSR count). The molecule has 0 radical (unpaired) electrons. The monoisotopic (exact) mass is 410 g/mol. The predicted molar refractivity (Wildman–Crippen MR) is 107 cm³/mol. The molecule has 0 saturated carbocycles. The number of hydrogen-bond acceptors (Lipinski definition) is 7. The van der Waals surface area contributed by atoms with E-state index in [0.29, 0.717) is 16.7 Å². The van der Waals surface area contributed by atoms with Gasteiger partial charge >= 0.3 is 5.97 Å². The number of esters is 1. The third-order valence-electron chi connectivity index (χ3n) is 4.58. The van der Waals surface area contributed by atoms with Crippen LogP contribution in [0.1, 0.15) is 28.2 Å². The van der Waals surface area contributed by atoms with Crippen molar-refractivity contribution in [3.63, 3.8) is 0 Å². The summed E-state index contributed by atoms with van der Waals surface area (Å²) >= 11 is 0. The van der Waals surface area contributed by atoms with Crippen LogP contribution in [-0.2, 0) is 29.6 Å². The maximum atomic E-state index is 12.4. The second-order valence-electron chi connectivity index (χ2n) is 6.53. The number of aryl methyl sites for hydroxylation is 1. The Morgan fingerprint density at radius 2 is 1.97 bits per heavy atom. The van der Waals surface area contributed by atoms with Gasteiger partial charge in [-0.1, -0.05) is 12.1 Å². The number of aromatic nitrogens is 2. The lowest BCUT2D eigenvalue weighted by molar-refractivity contribution is -0.385. The molecule has 0 aliphatic carbocycles. The number of amides is 1. The zero-order valence-corrected chi connectivity index (χ0v) is 16.0. The number of nitro benzene ring substituents is 1. The second-order valence-corrected chi connectivity index (χ2v) is 6.53. The van der Waals surface area contributed by atoms with Gasteiger partial charge in [0.15, 0.2) is 0 Å². The van der Waals surface area contributed by atoms with Crippen molar-refractivity contribution < 1.29 is 19.2 Å². The van der Waals surface area contributed by atoms with Crippen LogP contribution in [0.3, 0.4) is 0 Å². The van der Waals surface area contributed by atoms with E-state index in [9.17, 15) is 24.5 Å². The van der Waals surface area contributed by atoms with Crippen LogP contribution in [0.4, 0.5) is 5.69 Å². The molecular formula is C20H18N4O6. The lowest BCUT2D eigenvalue weighted by Crippen LogP contribution is -2.23. The van der Waals surface area contributed by atoms with Gasteiger partial charge in [0, 0.05) is 25.1 Å². The summed E-state index contributed by atoms with van der Waals surface area (Å²) < 4.78 is 6.50. The first-order valence-corrected chi connectivity index (χ1v) is 8.95. The Morgan fingerprint density at radius 3 is 2.67 bits per heavy atom. The minimum atomic E-state index is -0.796. The van der Waals surface area contributed by atoms with Gasteiger partial charge in [0.1, 0.15) is 12.4 Å². The van der Waals surface area contributed by atoms with Crippen LogP contribution in [0.2, 0.25) is 0 Å². The predicted octanol–water partition coefficient (Wildman–Crippen LogP) is 1.62. The maximum Gasteiger partial charge on any atom is 0.306 e. The second kappa shape index (κ2) is 8.52. The maximum absolute atomic E-state index is 12.4. The van der Waals surface area contributed by atoms with E-state index in [0.717, 1.165) is 6.07 Å². The molecule has 0 spiro atoms. The quantitative estimate of drug-likeness (QED) is 0.353. The van der Waals surface area contributed by atoms with Gasteiger partial charge in [-0.2, -0.15) is 0 Å². The van der Waals surface area contributed by atoms with Crippen LogP contribution in [0, 0.1) is 10.1 Å². The molecule has 10 heteroatoms. The molecule has 0 aliphatic rings. The Kier molecular flexibility index (Phi) is 5.86. The first-order valence-electron chi connectivity index (χ1n) is 8.95. The summed E-state index contributed by atoms with van der Waals surface area (Å²) in [6, 6.07) is 10.6. The zero-order chi connectivity index (χ0) is 21.8. The lowest BCUT2D eigenvalue weighted by Gasteiger charge is -2.09. The van der Waals surface area contributed by atoms with Crippen molar-refractivity contribution >= 4 is 28.5 Å². The molecule has 0 aliphatic heterocycles. The molecule has 2 N–H and O–H groups in total. The topological polar surface area (TPSA) is 147 Å². The van der Waals surface area contributed by atoms with E-state index in [1.54, 1.807) is 31.3 Å². The molecule has 1 heterocycles. The zero-order valence-electron chi connectivity index (χ0n) is 16.0. The molecule has 2 aromatic carbocycles. The van der Waals surface area contributed by atoms with Crippen LogP contribution in [0.15, 0.2) is 47.3 Å². The Hall–Kier alpha value is -4.08. The molecule has 154 valence electrons. The summed E-state index contributed by atoms with van der Waals surface area (Å²) in [6.07, 6.45) is 0.101. The third-order valence-corrected chi connectivity index (χ3v) is 4.58. The van der Waals surface area contributed by atoms with E-state index >= 15 is 0 Å². The Bertz CT molecular complexity index is 1220. The number of rotatable bonds is 7. The summed E-state index contributed by atoms with van der Waals surface area (Å²) in [5.41, 5.74) is 5.21. The molecule has 30 heavy (non-hydrogen) atoms. The number of carbonyl (C=O) groups is 2. The summed E-state index contributed by atoms with van der Waals surface area (Å²) in [4.78, 5) is 50.6. The number of primary amides is 1. The minimum Gasteiger partial charge on any atom is -0.461 e. The first-order chi connectivity index (χ1) is 14.3. The Morgan fingerprint density at radius 1 is 1.23 bits per heavy atom. The molecular weight excluding hydrogens is 392 g/mol. The van der Waals surface area contributed by atoms with Crippen molar-refractivity contribution in [2.75, 3.05) is 0 Å². The fourth-order valence-corrected chi connectivity index (χ4v) is 2.94. The SMILES string of the molecule is Cn1c(CCC(=O)OCc2ccc(C(N)=O)cc2[N+](=O)[O-])nc2ccccc2c1=O. The highest BCUT2D eigenvalue weighted by molar-refractivity contribution is 5.93. The molecule has 1 aromatic heterocycles. The number of nitrogens with two attached hydrogens (primary N) is 1. The highest BCUT2D eigenvalue weighted by atomic mass is 16.6. The summed E-state index contributed by atoms with van der Waals surface area (Å²) in [6.45, 7) is -0.335. The fourth-order valence-electron chi connectivity index (χ4n) is 2.94. The molecule has 3 aromatic rings. The van der Waals surface area contributed by atoms with E-state index < -0.39 is 16.8 Å². The van der Waals surface area contributed by atoms with Crippen LogP contribution in [0.5, 0.6) is 0 Å². The molecule has 1 amide bonds. The Labute approximate surface area is 170 Å². The van der Waals surface area contributed by atoms with E-state index in [2.05, 4.69) is 4.98 Å². The average molecular weight is 410 g/mol. The number of nitro groups is 1. The summed E-state index contributed by atoms with van der Waals surface area (Å²) in [7, 11) is 1.58. The molecule has 0 atom stereocenters. The largest absolute Gasteiger partial charge is 0.461 e. The normalized spacial score (nSPS) is 10.7. The molecule has 0 unspecified atom stereocenters. The summed E-state index contributed by atoms with van der Waals surface area (Å²) in [5, 5.41) is 11.7. The number of hydrogen-bond donors (Lipinski definition) is 1. The number of fused-ring (bicyclic) bond motifs is 1. The smallest absolute Gasteiger partial charge is 0.306 e. The van der Waals surface area contributed by atoms with Crippen molar-refractivity contribution in [1.82, 2.24) is 9.55 Å². The average Bonchev–Trinajstić information content (AvgIpc) is 2.73. The van der Waals surface area contributed by atoms with Crippen LogP contribution < -0.4 is 11.3 Å². The van der Waals surface area contributed by atoms with Crippen molar-refractivity contribution in [1.29, 1.82) is 0 Å². The first kappa shape index (κ1) is 20.6. The lowest BCUT2D eigenvalue weighted by atomic mass is 10.1. The van der Waals surface area contributed by atoms with Gasteiger partial charge in [0.05, 0.1) is 27.8 Å². The minimum absolute atomic E-state index is 0.0138. The number of ether oxygens (including phenoxy) is 1. The molecule has 0 bridgehead atoms. The summed E-state index contributed by atoms with van der Waals surface area (Å²) in [5.74, 6) is -0.978. The van der Waals surface area contributed by atoms with Gasteiger partial charge in [0.2, 0.25) is 5.91 Å². The van der Waals surface area contributed by atoms with Crippen molar-refractivity contribution in [3.05, 3.63) is 79.9 Å². The van der Waals surface area contributed by atoms with Crippen molar-refractivity contribution in [2.24, 2.45) is 12.8 Å². The van der Waals surface area contributed by atoms with Gasteiger partial charge in [0.25, 0.3) is 11.2 Å². The molecule has 0 saturated heterocycles. The van der Waals surface area contributed by atoms with Crippen LogP contribution in [0.25, 0.3) is 10.9 Å². The van der Waals surface area contributed by atoms with Gasteiger partial charge in [-0.15, -0.1) is 0 Å². The number of nitrogens with zero attached hydrogens (tertiary/aromatic N) is 3. The third kappa shape index (κ3) is 4.32. The fraction of sp³-hybridized carbons (Fsp3) is 0.200. The van der Waals surface area contributed by atoms with Crippen LogP contribution >= 0.6 is 0 Å². The van der Waals surface area contributed by atoms with Gasteiger partial charge in [-0.05, 0) is 24.3 Å². The number of para-hydroxylation sites is 1. The van der Waals surface area contributed by atoms with Crippen molar-refractivity contribution in [3.8, 4) is 0 Å². The van der Waals surface area contributed by atoms with E-state index in [1.807, 2.05) is 0 Å². The highest BCUT2D eigenvalue weighted by Crippen LogP contribution is 2.21. The van der Waals surface area contributed by atoms with Gasteiger partial charge in [-0.3, -0.25) is 29.1 Å². The standard InChI is InChI=1S/C20H18N4O6/c1-23-17(22-15-5-3-2-4-14(15)20(23)27)8-9-18(25)30-11-13-7-6-12(19(21)26)10-16(13)24(28)29/h2-7,10H,8-9,11H2,1H3,(H2,21,26). The van der Waals surface area contributed by atoms with Gasteiger partial charge < -0.3 is 10.5 Å². The number of benzene rings is 2. The van der Waals surface area contributed by atoms with E-state index in [4.69, 9.17) is 10.5 Å². The van der Waals surface area contributed by atoms with Gasteiger partial charge in [-0.25, -0.2) is 4.98 Å². The van der Waals surface area contributed by atoms with Crippen molar-refractivity contribution in [2.45, 2.75) is 19.4 Å². The molecule has 0 fully saturated rings. The van der Waals surface area contributed by atoms with E-state index in [1.165, 1.54) is 16.7 Å². The number of carbonyl (C=O) groups excluding carboxylic acids is 2.